The van der Waals surface area contributed by atoms with Gasteiger partial charge in [0.1, 0.15) is 6.26 Å². The highest BCUT2D eigenvalue weighted by molar-refractivity contribution is 5.90. The van der Waals surface area contributed by atoms with E-state index in [0.717, 1.165) is 24.1 Å². The van der Waals surface area contributed by atoms with Gasteiger partial charge < -0.3 is 20.2 Å². The first-order chi connectivity index (χ1) is 11.0. The Morgan fingerprint density at radius 2 is 2.26 bits per heavy atom. The molecule has 1 fully saturated rings. The SMILES string of the molecule is Cc1coc(-c2cccc(NC(=O)NC(C)(CO)C3CC3)c2)n1. The molecule has 0 radical (unpaired) electrons. The quantitative estimate of drug-likeness (QED) is 0.791. The Bertz CT molecular complexity index is 709. The van der Waals surface area contributed by atoms with Crippen molar-refractivity contribution in [1.29, 1.82) is 0 Å². The molecule has 6 nitrogen and oxygen atoms in total. The van der Waals surface area contributed by atoms with Crippen molar-refractivity contribution < 1.29 is 14.3 Å². The van der Waals surface area contributed by atoms with Crippen LogP contribution in [0.15, 0.2) is 34.9 Å². The van der Waals surface area contributed by atoms with E-state index in [1.165, 1.54) is 0 Å². The number of aromatic nitrogens is 1. The number of aliphatic hydroxyl groups excluding tert-OH is 1. The molecule has 122 valence electrons. The number of hydrogen-bond donors (Lipinski definition) is 3. The third-order valence-corrected chi connectivity index (χ3v) is 4.19. The Morgan fingerprint density at radius 3 is 2.87 bits per heavy atom. The largest absolute Gasteiger partial charge is 0.444 e. The summed E-state index contributed by atoms with van der Waals surface area (Å²) in [7, 11) is 0. The summed E-state index contributed by atoms with van der Waals surface area (Å²) in [6, 6.07) is 6.98. The smallest absolute Gasteiger partial charge is 0.319 e. The Kier molecular flexibility index (Phi) is 4.09. The molecule has 1 heterocycles. The van der Waals surface area contributed by atoms with E-state index in [-0.39, 0.29) is 12.6 Å². The molecule has 2 aromatic rings. The zero-order chi connectivity index (χ0) is 16.4. The van der Waals surface area contributed by atoms with Crippen LogP contribution >= 0.6 is 0 Å². The number of hydrogen-bond acceptors (Lipinski definition) is 4. The van der Waals surface area contributed by atoms with E-state index < -0.39 is 5.54 Å². The van der Waals surface area contributed by atoms with Crippen LogP contribution in [-0.2, 0) is 0 Å². The van der Waals surface area contributed by atoms with Gasteiger partial charge in [-0.1, -0.05) is 6.07 Å². The molecule has 23 heavy (non-hydrogen) atoms. The van der Waals surface area contributed by atoms with E-state index in [1.54, 1.807) is 18.4 Å². The van der Waals surface area contributed by atoms with Gasteiger partial charge in [0.25, 0.3) is 0 Å². The van der Waals surface area contributed by atoms with E-state index in [4.69, 9.17) is 4.42 Å². The number of benzene rings is 1. The third kappa shape index (κ3) is 3.53. The number of anilines is 1. The van der Waals surface area contributed by atoms with E-state index >= 15 is 0 Å². The first-order valence-corrected chi connectivity index (χ1v) is 7.73. The Hall–Kier alpha value is -2.34. The highest BCUT2D eigenvalue weighted by atomic mass is 16.3. The van der Waals surface area contributed by atoms with Gasteiger partial charge in [-0.05, 0) is 50.8 Å². The van der Waals surface area contributed by atoms with Gasteiger partial charge in [-0.3, -0.25) is 0 Å². The molecule has 0 spiro atoms. The van der Waals surface area contributed by atoms with Gasteiger partial charge in [0, 0.05) is 11.3 Å². The summed E-state index contributed by atoms with van der Waals surface area (Å²) in [5.41, 5.74) is 1.68. The van der Waals surface area contributed by atoms with Crippen molar-refractivity contribution in [2.24, 2.45) is 5.92 Å². The molecule has 3 rings (SSSR count). The molecule has 0 bridgehead atoms. The Labute approximate surface area is 134 Å². The molecule has 1 aromatic heterocycles. The summed E-state index contributed by atoms with van der Waals surface area (Å²) in [6.45, 7) is 3.66. The summed E-state index contributed by atoms with van der Waals surface area (Å²) in [5.74, 6) is 0.865. The number of carbonyl (C=O) groups is 1. The number of oxazole rings is 1. The molecule has 2 amide bonds. The minimum Gasteiger partial charge on any atom is -0.444 e. The second kappa shape index (κ2) is 6.04. The molecule has 3 N–H and O–H groups in total. The molecule has 1 atom stereocenters. The van der Waals surface area contributed by atoms with Crippen molar-refractivity contribution in [3.05, 3.63) is 36.2 Å². The standard InChI is InChI=1S/C17H21N3O3/c1-11-9-23-15(18-11)12-4-3-5-14(8-12)19-16(22)20-17(2,10-21)13-6-7-13/h3-5,8-9,13,21H,6-7,10H2,1-2H3,(H2,19,20,22). The topological polar surface area (TPSA) is 87.4 Å². The molecule has 0 saturated heterocycles. The van der Waals surface area contributed by atoms with Crippen molar-refractivity contribution in [3.63, 3.8) is 0 Å². The van der Waals surface area contributed by atoms with Crippen LogP contribution in [-0.4, -0.2) is 28.3 Å². The van der Waals surface area contributed by atoms with Crippen molar-refractivity contribution in [2.75, 3.05) is 11.9 Å². The number of aliphatic hydroxyl groups is 1. The van der Waals surface area contributed by atoms with Gasteiger partial charge in [-0.15, -0.1) is 0 Å². The van der Waals surface area contributed by atoms with Crippen LogP contribution in [0.4, 0.5) is 10.5 Å². The lowest BCUT2D eigenvalue weighted by atomic mass is 9.97. The number of amides is 2. The van der Waals surface area contributed by atoms with Crippen molar-refractivity contribution in [2.45, 2.75) is 32.2 Å². The maximum Gasteiger partial charge on any atom is 0.319 e. The van der Waals surface area contributed by atoms with Crippen LogP contribution in [0.25, 0.3) is 11.5 Å². The maximum atomic E-state index is 12.2. The van der Waals surface area contributed by atoms with Crippen LogP contribution in [0.3, 0.4) is 0 Å². The average Bonchev–Trinajstić information content (AvgIpc) is 3.30. The van der Waals surface area contributed by atoms with Gasteiger partial charge in [-0.25, -0.2) is 9.78 Å². The molecular formula is C17H21N3O3. The maximum absolute atomic E-state index is 12.2. The lowest BCUT2D eigenvalue weighted by molar-refractivity contribution is 0.159. The first kappa shape index (κ1) is 15.6. The van der Waals surface area contributed by atoms with E-state index in [1.807, 2.05) is 26.0 Å². The van der Waals surface area contributed by atoms with Gasteiger partial charge in [0.15, 0.2) is 0 Å². The predicted octanol–water partition coefficient (Wildman–Crippen LogP) is 2.93. The Morgan fingerprint density at radius 1 is 1.48 bits per heavy atom. The van der Waals surface area contributed by atoms with Gasteiger partial charge in [-0.2, -0.15) is 0 Å². The highest BCUT2D eigenvalue weighted by Gasteiger charge is 2.42. The molecule has 1 saturated carbocycles. The molecular weight excluding hydrogens is 294 g/mol. The number of nitrogens with zero attached hydrogens (tertiary/aromatic N) is 1. The third-order valence-electron chi connectivity index (χ3n) is 4.19. The number of aryl methyl sites for hydroxylation is 1. The summed E-state index contributed by atoms with van der Waals surface area (Å²) >= 11 is 0. The van der Waals surface area contributed by atoms with Crippen LogP contribution in [0.2, 0.25) is 0 Å². The Balaban J connectivity index is 1.69. The monoisotopic (exact) mass is 315 g/mol. The average molecular weight is 315 g/mol. The van der Waals surface area contributed by atoms with Crippen molar-refractivity contribution in [3.8, 4) is 11.5 Å². The number of rotatable bonds is 5. The second-order valence-electron chi connectivity index (χ2n) is 6.30. The van der Waals surface area contributed by atoms with Gasteiger partial charge >= 0.3 is 6.03 Å². The van der Waals surface area contributed by atoms with Crippen LogP contribution in [0.5, 0.6) is 0 Å². The lowest BCUT2D eigenvalue weighted by Gasteiger charge is -2.28. The van der Waals surface area contributed by atoms with Gasteiger partial charge in [0.05, 0.1) is 17.8 Å². The summed E-state index contributed by atoms with van der Waals surface area (Å²) in [5, 5.41) is 15.2. The zero-order valence-electron chi connectivity index (χ0n) is 13.3. The van der Waals surface area contributed by atoms with E-state index in [2.05, 4.69) is 15.6 Å². The van der Waals surface area contributed by atoms with Crippen molar-refractivity contribution >= 4 is 11.7 Å². The highest BCUT2D eigenvalue weighted by Crippen LogP contribution is 2.39. The van der Waals surface area contributed by atoms with Crippen LogP contribution in [0, 0.1) is 12.8 Å². The minimum atomic E-state index is -0.568. The fourth-order valence-corrected chi connectivity index (χ4v) is 2.63. The fourth-order valence-electron chi connectivity index (χ4n) is 2.63. The van der Waals surface area contributed by atoms with Crippen LogP contribution in [0.1, 0.15) is 25.5 Å². The second-order valence-corrected chi connectivity index (χ2v) is 6.30. The van der Waals surface area contributed by atoms with E-state index in [9.17, 15) is 9.90 Å². The molecule has 1 aromatic carbocycles. The normalized spacial score (nSPS) is 16.7. The minimum absolute atomic E-state index is 0.0687. The summed E-state index contributed by atoms with van der Waals surface area (Å²) < 4.78 is 5.38. The molecule has 1 aliphatic rings. The van der Waals surface area contributed by atoms with Crippen LogP contribution < -0.4 is 10.6 Å². The van der Waals surface area contributed by atoms with Crippen molar-refractivity contribution in [1.82, 2.24) is 10.3 Å². The summed E-state index contributed by atoms with van der Waals surface area (Å²) in [6.07, 6.45) is 3.66. The predicted molar refractivity (Wildman–Crippen MR) is 87.0 cm³/mol. The molecule has 0 aliphatic heterocycles. The fraction of sp³-hybridized carbons (Fsp3) is 0.412. The number of carbonyl (C=O) groups excluding carboxylic acids is 1. The molecule has 6 heteroatoms. The number of urea groups is 1. The zero-order valence-corrected chi connectivity index (χ0v) is 13.3. The molecule has 1 unspecified atom stereocenters. The summed E-state index contributed by atoms with van der Waals surface area (Å²) in [4.78, 5) is 16.5. The van der Waals surface area contributed by atoms with Gasteiger partial charge in [0.2, 0.25) is 5.89 Å². The first-order valence-electron chi connectivity index (χ1n) is 7.73. The molecule has 1 aliphatic carbocycles. The van der Waals surface area contributed by atoms with E-state index in [0.29, 0.717) is 17.5 Å². The lowest BCUT2D eigenvalue weighted by Crippen LogP contribution is -2.52. The number of nitrogens with one attached hydrogen (secondary N) is 2.